The fourth-order valence-electron chi connectivity index (χ4n) is 1.26. The van der Waals surface area contributed by atoms with Crippen molar-refractivity contribution >= 4 is 11.7 Å². The molecular weight excluding hydrogens is 198 g/mol. The van der Waals surface area contributed by atoms with Crippen LogP contribution in [-0.2, 0) is 22.5 Å². The molecule has 0 spiro atoms. The fraction of sp³-hybridized carbons (Fsp3) is 0.556. The average Bonchev–Trinajstić information content (AvgIpc) is 2.46. The highest BCUT2D eigenvalue weighted by Gasteiger charge is 2.12. The molecule has 6 nitrogen and oxygen atoms in total. The van der Waals surface area contributed by atoms with Gasteiger partial charge in [-0.15, -0.1) is 0 Å². The molecule has 6 heteroatoms. The summed E-state index contributed by atoms with van der Waals surface area (Å²) in [6.45, 7) is 3.75. The van der Waals surface area contributed by atoms with Crippen LogP contribution in [0, 0.1) is 0 Å². The number of nitrogens with one attached hydrogen (secondary N) is 1. The Morgan fingerprint density at radius 3 is 2.67 bits per heavy atom. The van der Waals surface area contributed by atoms with Gasteiger partial charge in [0, 0.05) is 0 Å². The van der Waals surface area contributed by atoms with Crippen molar-refractivity contribution in [1.29, 1.82) is 0 Å². The van der Waals surface area contributed by atoms with Crippen molar-refractivity contribution < 1.29 is 9.53 Å². The molecule has 1 rings (SSSR count). The number of anilines is 1. The van der Waals surface area contributed by atoms with Crippen molar-refractivity contribution in [2.45, 2.75) is 26.8 Å². The lowest BCUT2D eigenvalue weighted by atomic mass is 10.3. The second kappa shape index (κ2) is 4.68. The lowest BCUT2D eigenvalue weighted by Crippen LogP contribution is -2.24. The average molecular weight is 213 g/mol. The van der Waals surface area contributed by atoms with E-state index in [0.717, 1.165) is 4.68 Å². The topological polar surface area (TPSA) is 90.1 Å². The molecule has 0 amide bonds. The molecule has 1 aromatic rings. The Hall–Kier alpha value is -1.72. The number of aromatic amines is 1. The van der Waals surface area contributed by atoms with Gasteiger partial charge in [0.2, 0.25) is 0 Å². The molecule has 0 aromatic carbocycles. The van der Waals surface area contributed by atoms with E-state index >= 15 is 0 Å². The number of nitrogens with two attached hydrogens (primary N) is 1. The molecule has 0 radical (unpaired) electrons. The quantitative estimate of drug-likeness (QED) is 0.682. The van der Waals surface area contributed by atoms with Gasteiger partial charge >= 0.3 is 5.97 Å². The first kappa shape index (κ1) is 11.4. The third kappa shape index (κ3) is 2.39. The summed E-state index contributed by atoms with van der Waals surface area (Å²) in [5, 5.41) is 2.77. The highest BCUT2D eigenvalue weighted by atomic mass is 16.5. The number of aromatic nitrogens is 2. The van der Waals surface area contributed by atoms with E-state index in [-0.39, 0.29) is 17.8 Å². The maximum atomic E-state index is 11.5. The van der Waals surface area contributed by atoms with Crippen molar-refractivity contribution in [2.24, 2.45) is 0 Å². The number of nitrogen functional groups attached to an aromatic ring is 1. The van der Waals surface area contributed by atoms with E-state index in [0.29, 0.717) is 18.7 Å². The van der Waals surface area contributed by atoms with Gasteiger partial charge in [-0.2, -0.15) is 0 Å². The van der Waals surface area contributed by atoms with Crippen LogP contribution in [0.15, 0.2) is 4.79 Å². The first-order valence-corrected chi connectivity index (χ1v) is 4.82. The third-order valence-corrected chi connectivity index (χ3v) is 2.02. The van der Waals surface area contributed by atoms with Crippen LogP contribution in [0.3, 0.4) is 0 Å². The van der Waals surface area contributed by atoms with Crippen molar-refractivity contribution in [3.05, 3.63) is 16.0 Å². The predicted octanol–water partition coefficient (Wildman–Crippen LogP) is -0.116. The summed E-state index contributed by atoms with van der Waals surface area (Å²) in [5.74, 6) is -0.455. The SMILES string of the molecule is CCOC(=O)Cn1[nH]c(CC)c(N)c1=O. The molecule has 15 heavy (non-hydrogen) atoms. The monoisotopic (exact) mass is 213 g/mol. The minimum Gasteiger partial charge on any atom is -0.465 e. The van der Waals surface area contributed by atoms with Crippen LogP contribution >= 0.6 is 0 Å². The second-order valence-corrected chi connectivity index (χ2v) is 3.05. The van der Waals surface area contributed by atoms with Crippen LogP contribution in [0.1, 0.15) is 19.5 Å². The molecule has 3 N–H and O–H groups in total. The minimum absolute atomic E-state index is 0.128. The highest BCUT2D eigenvalue weighted by molar-refractivity contribution is 5.69. The van der Waals surface area contributed by atoms with Crippen LogP contribution in [0.4, 0.5) is 5.69 Å². The third-order valence-electron chi connectivity index (χ3n) is 2.02. The number of carbonyl (C=O) groups excluding carboxylic acids is 1. The number of nitrogens with zero attached hydrogens (tertiary/aromatic N) is 1. The van der Waals surface area contributed by atoms with Crippen molar-refractivity contribution in [1.82, 2.24) is 9.78 Å². The van der Waals surface area contributed by atoms with Gasteiger partial charge in [-0.1, -0.05) is 6.92 Å². The molecule has 0 bridgehead atoms. The summed E-state index contributed by atoms with van der Waals surface area (Å²) < 4.78 is 5.88. The Bertz CT molecular complexity index is 405. The summed E-state index contributed by atoms with van der Waals surface area (Å²) in [6.07, 6.45) is 0.622. The molecule has 0 aliphatic heterocycles. The summed E-state index contributed by atoms with van der Waals surface area (Å²) >= 11 is 0. The van der Waals surface area contributed by atoms with Gasteiger partial charge in [-0.3, -0.25) is 14.7 Å². The molecule has 0 aliphatic carbocycles. The van der Waals surface area contributed by atoms with E-state index in [9.17, 15) is 9.59 Å². The van der Waals surface area contributed by atoms with Gasteiger partial charge in [-0.05, 0) is 13.3 Å². The Balaban J connectivity index is 2.87. The van der Waals surface area contributed by atoms with Gasteiger partial charge in [0.05, 0.1) is 12.3 Å². The van der Waals surface area contributed by atoms with E-state index in [4.69, 9.17) is 10.5 Å². The number of aryl methyl sites for hydroxylation is 1. The molecule has 1 aromatic heterocycles. The molecule has 0 saturated carbocycles. The zero-order valence-corrected chi connectivity index (χ0v) is 8.87. The maximum absolute atomic E-state index is 11.5. The molecule has 0 atom stereocenters. The zero-order chi connectivity index (χ0) is 11.4. The molecule has 0 saturated heterocycles. The van der Waals surface area contributed by atoms with E-state index in [2.05, 4.69) is 5.10 Å². The number of H-pyrrole nitrogens is 1. The minimum atomic E-state index is -0.455. The zero-order valence-electron chi connectivity index (χ0n) is 8.87. The number of rotatable bonds is 4. The van der Waals surface area contributed by atoms with Gasteiger partial charge in [0.1, 0.15) is 12.2 Å². The number of esters is 1. The summed E-state index contributed by atoms with van der Waals surface area (Å²) in [7, 11) is 0. The first-order chi connectivity index (χ1) is 7.10. The van der Waals surface area contributed by atoms with Gasteiger partial charge < -0.3 is 10.5 Å². The molecule has 0 fully saturated rings. The lowest BCUT2D eigenvalue weighted by Gasteiger charge is -2.01. The van der Waals surface area contributed by atoms with Gasteiger partial charge in [0.25, 0.3) is 5.56 Å². The molecule has 0 aliphatic rings. The smallest absolute Gasteiger partial charge is 0.327 e. The molecule has 0 unspecified atom stereocenters. The van der Waals surface area contributed by atoms with E-state index < -0.39 is 5.97 Å². The predicted molar refractivity (Wildman–Crippen MR) is 55.5 cm³/mol. The fourth-order valence-corrected chi connectivity index (χ4v) is 1.26. The molecule has 84 valence electrons. The Morgan fingerprint density at radius 1 is 1.53 bits per heavy atom. The van der Waals surface area contributed by atoms with Crippen LogP contribution < -0.4 is 11.3 Å². The van der Waals surface area contributed by atoms with Gasteiger partial charge in [0.15, 0.2) is 0 Å². The van der Waals surface area contributed by atoms with Crippen LogP contribution in [-0.4, -0.2) is 22.4 Å². The Labute approximate surface area is 87.0 Å². The summed E-state index contributed by atoms with van der Waals surface area (Å²) in [6, 6.07) is 0. The lowest BCUT2D eigenvalue weighted by molar-refractivity contribution is -0.144. The summed E-state index contributed by atoms with van der Waals surface area (Å²) in [4.78, 5) is 22.6. The highest BCUT2D eigenvalue weighted by Crippen LogP contribution is 2.02. The molecule has 1 heterocycles. The largest absolute Gasteiger partial charge is 0.465 e. The van der Waals surface area contributed by atoms with Gasteiger partial charge in [-0.25, -0.2) is 4.68 Å². The Kier molecular flexibility index (Phi) is 3.54. The number of carbonyl (C=O) groups is 1. The summed E-state index contributed by atoms with van der Waals surface area (Å²) in [5.41, 5.74) is 5.98. The van der Waals surface area contributed by atoms with E-state index in [1.54, 1.807) is 6.92 Å². The Morgan fingerprint density at radius 2 is 2.20 bits per heavy atom. The van der Waals surface area contributed by atoms with Crippen LogP contribution in [0.25, 0.3) is 0 Å². The number of ether oxygens (including phenoxy) is 1. The van der Waals surface area contributed by atoms with Crippen molar-refractivity contribution in [3.63, 3.8) is 0 Å². The van der Waals surface area contributed by atoms with E-state index in [1.165, 1.54) is 0 Å². The first-order valence-electron chi connectivity index (χ1n) is 4.82. The van der Waals surface area contributed by atoms with Crippen LogP contribution in [0.2, 0.25) is 0 Å². The number of hydrogen-bond donors (Lipinski definition) is 2. The molecular formula is C9H15N3O3. The number of hydrogen-bond acceptors (Lipinski definition) is 4. The standard InChI is InChI=1S/C9H15N3O3/c1-3-6-8(10)9(14)12(11-6)5-7(13)15-4-2/h11H,3-5,10H2,1-2H3. The van der Waals surface area contributed by atoms with Crippen LogP contribution in [0.5, 0.6) is 0 Å². The maximum Gasteiger partial charge on any atom is 0.327 e. The normalized spacial score (nSPS) is 10.3. The van der Waals surface area contributed by atoms with E-state index in [1.807, 2.05) is 6.92 Å². The van der Waals surface area contributed by atoms with Crippen molar-refractivity contribution in [3.8, 4) is 0 Å². The van der Waals surface area contributed by atoms with Crippen molar-refractivity contribution in [2.75, 3.05) is 12.3 Å². The second-order valence-electron chi connectivity index (χ2n) is 3.05.